The molecule has 3 N–H and O–H groups in total. The van der Waals surface area contributed by atoms with E-state index in [9.17, 15) is 4.79 Å². The van der Waals surface area contributed by atoms with Gasteiger partial charge in [0.05, 0.1) is 6.61 Å². The minimum absolute atomic E-state index is 0.0317. The number of carbonyl (C=O) groups excluding carboxylic acids is 1. The lowest BCUT2D eigenvalue weighted by molar-refractivity contribution is 0.185. The lowest BCUT2D eigenvalue weighted by Crippen LogP contribution is -2.46. The van der Waals surface area contributed by atoms with Crippen LogP contribution in [0.25, 0.3) is 0 Å². The summed E-state index contributed by atoms with van der Waals surface area (Å²) in [6.07, 6.45) is 1.11. The molecule has 2 rings (SSSR count). The Labute approximate surface area is 117 Å². The van der Waals surface area contributed by atoms with E-state index in [1.165, 1.54) is 10.4 Å². The zero-order valence-electron chi connectivity index (χ0n) is 11.2. The maximum atomic E-state index is 11.4. The third-order valence-corrected chi connectivity index (χ3v) is 4.44. The van der Waals surface area contributed by atoms with Crippen LogP contribution in [-0.4, -0.2) is 48.3 Å². The van der Waals surface area contributed by atoms with E-state index in [-0.39, 0.29) is 12.6 Å². The maximum Gasteiger partial charge on any atom is 0.314 e. The lowest BCUT2D eigenvalue weighted by Gasteiger charge is -2.32. The summed E-state index contributed by atoms with van der Waals surface area (Å²) in [4.78, 5) is 15.3. The van der Waals surface area contributed by atoms with E-state index < -0.39 is 0 Å². The molecule has 0 radical (unpaired) electrons. The fourth-order valence-electron chi connectivity index (χ4n) is 2.25. The summed E-state index contributed by atoms with van der Waals surface area (Å²) in [5, 5.41) is 16.2. The van der Waals surface area contributed by atoms with Crippen LogP contribution in [0.2, 0.25) is 0 Å². The number of nitrogens with zero attached hydrogens (tertiary/aromatic N) is 1. The van der Waals surface area contributed by atoms with Crippen LogP contribution in [0.5, 0.6) is 0 Å². The third-order valence-electron chi connectivity index (χ3n) is 3.42. The van der Waals surface area contributed by atoms with Crippen molar-refractivity contribution in [3.63, 3.8) is 0 Å². The first-order chi connectivity index (χ1) is 9.20. The summed E-state index contributed by atoms with van der Waals surface area (Å²) in [6.45, 7) is 5.03. The molecule has 0 fully saturated rings. The van der Waals surface area contributed by atoms with Crippen molar-refractivity contribution in [1.82, 2.24) is 15.5 Å². The lowest BCUT2D eigenvalue weighted by atomic mass is 10.1. The van der Waals surface area contributed by atoms with Gasteiger partial charge in [-0.25, -0.2) is 4.79 Å². The van der Waals surface area contributed by atoms with Gasteiger partial charge in [-0.15, -0.1) is 11.3 Å². The molecular formula is C13H21N3O2S. The van der Waals surface area contributed by atoms with Gasteiger partial charge >= 0.3 is 6.03 Å². The quantitative estimate of drug-likeness (QED) is 0.748. The number of rotatable bonds is 5. The van der Waals surface area contributed by atoms with Gasteiger partial charge in [0.1, 0.15) is 0 Å². The van der Waals surface area contributed by atoms with Crippen LogP contribution in [0.3, 0.4) is 0 Å². The molecule has 0 saturated heterocycles. The van der Waals surface area contributed by atoms with Crippen molar-refractivity contribution in [2.45, 2.75) is 25.9 Å². The van der Waals surface area contributed by atoms with Crippen molar-refractivity contribution in [2.24, 2.45) is 0 Å². The van der Waals surface area contributed by atoms with Gasteiger partial charge in [-0.1, -0.05) is 0 Å². The second-order valence-electron chi connectivity index (χ2n) is 4.80. The molecule has 1 aliphatic heterocycles. The first-order valence-corrected chi connectivity index (χ1v) is 7.50. The molecule has 0 saturated carbocycles. The largest absolute Gasteiger partial charge is 0.395 e. The standard InChI is InChI=1S/C13H21N3O2S/c1-10(8-15-13(18)14-4-6-17)16-5-2-12-11(9-16)3-7-19-12/h3,7,10,17H,2,4-6,8-9H2,1H3,(H2,14,15,18). The van der Waals surface area contributed by atoms with Crippen LogP contribution < -0.4 is 10.6 Å². The van der Waals surface area contributed by atoms with Crippen LogP contribution in [0.15, 0.2) is 11.4 Å². The summed E-state index contributed by atoms with van der Waals surface area (Å²) in [6, 6.07) is 2.29. The molecule has 0 aromatic carbocycles. The molecule has 6 heteroatoms. The predicted molar refractivity (Wildman–Crippen MR) is 76.4 cm³/mol. The normalized spacial score (nSPS) is 16.7. The minimum Gasteiger partial charge on any atom is -0.395 e. The number of aliphatic hydroxyl groups excluding tert-OH is 1. The highest BCUT2D eigenvalue weighted by Crippen LogP contribution is 2.24. The van der Waals surface area contributed by atoms with Crippen molar-refractivity contribution < 1.29 is 9.90 Å². The number of aliphatic hydroxyl groups is 1. The van der Waals surface area contributed by atoms with Crippen LogP contribution in [0, 0.1) is 0 Å². The first-order valence-electron chi connectivity index (χ1n) is 6.62. The molecule has 19 heavy (non-hydrogen) atoms. The van der Waals surface area contributed by atoms with Gasteiger partial charge in [-0.3, -0.25) is 4.90 Å². The van der Waals surface area contributed by atoms with Crippen LogP contribution in [-0.2, 0) is 13.0 Å². The number of urea groups is 1. The Morgan fingerprint density at radius 1 is 1.58 bits per heavy atom. The van der Waals surface area contributed by atoms with Gasteiger partial charge in [0.15, 0.2) is 0 Å². The number of amides is 2. The highest BCUT2D eigenvalue weighted by molar-refractivity contribution is 7.10. The molecular weight excluding hydrogens is 262 g/mol. The zero-order valence-corrected chi connectivity index (χ0v) is 12.0. The molecule has 0 spiro atoms. The molecule has 1 atom stereocenters. The van der Waals surface area contributed by atoms with Crippen molar-refractivity contribution >= 4 is 17.4 Å². The topological polar surface area (TPSA) is 64.6 Å². The van der Waals surface area contributed by atoms with Crippen molar-refractivity contribution in [1.29, 1.82) is 0 Å². The van der Waals surface area contributed by atoms with Crippen molar-refractivity contribution in [2.75, 3.05) is 26.2 Å². The second-order valence-corrected chi connectivity index (χ2v) is 5.80. The minimum atomic E-state index is -0.214. The summed E-state index contributed by atoms with van der Waals surface area (Å²) < 4.78 is 0. The summed E-state index contributed by atoms with van der Waals surface area (Å²) in [5.41, 5.74) is 1.42. The molecule has 1 unspecified atom stereocenters. The number of carbonyl (C=O) groups is 1. The predicted octanol–water partition coefficient (Wildman–Crippen LogP) is 0.786. The SMILES string of the molecule is CC(CNC(=O)NCCO)N1CCc2sccc2C1. The third kappa shape index (κ3) is 3.92. The van der Waals surface area contributed by atoms with Gasteiger partial charge in [-0.05, 0) is 30.4 Å². The van der Waals surface area contributed by atoms with E-state index in [1.807, 2.05) is 11.3 Å². The molecule has 0 aliphatic carbocycles. The average Bonchev–Trinajstić information content (AvgIpc) is 2.89. The molecule has 5 nitrogen and oxygen atoms in total. The molecule has 1 aromatic rings. The van der Waals surface area contributed by atoms with Gasteiger partial charge in [-0.2, -0.15) is 0 Å². The van der Waals surface area contributed by atoms with E-state index >= 15 is 0 Å². The summed E-state index contributed by atoms with van der Waals surface area (Å²) in [7, 11) is 0. The number of hydrogen-bond donors (Lipinski definition) is 3. The van der Waals surface area contributed by atoms with E-state index in [0.717, 1.165) is 19.5 Å². The number of fused-ring (bicyclic) bond motifs is 1. The molecule has 1 aromatic heterocycles. The number of hydrogen-bond acceptors (Lipinski definition) is 4. The second kappa shape index (κ2) is 6.88. The number of nitrogens with one attached hydrogen (secondary N) is 2. The van der Waals surface area contributed by atoms with Gasteiger partial charge in [0.2, 0.25) is 0 Å². The highest BCUT2D eigenvalue weighted by atomic mass is 32.1. The Hall–Kier alpha value is -1.11. The van der Waals surface area contributed by atoms with E-state index in [2.05, 4.69) is 33.9 Å². The molecule has 106 valence electrons. The monoisotopic (exact) mass is 283 g/mol. The maximum absolute atomic E-state index is 11.4. The van der Waals surface area contributed by atoms with Crippen molar-refractivity contribution in [3.8, 4) is 0 Å². The smallest absolute Gasteiger partial charge is 0.314 e. The Kier molecular flexibility index (Phi) is 5.18. The van der Waals surface area contributed by atoms with Gasteiger partial charge in [0.25, 0.3) is 0 Å². The Morgan fingerprint density at radius 3 is 3.21 bits per heavy atom. The summed E-state index contributed by atoms with van der Waals surface area (Å²) >= 11 is 1.84. The fraction of sp³-hybridized carbons (Fsp3) is 0.615. The highest BCUT2D eigenvalue weighted by Gasteiger charge is 2.21. The van der Waals surface area contributed by atoms with E-state index in [0.29, 0.717) is 19.1 Å². The Bertz CT molecular complexity index is 422. The number of thiophene rings is 1. The van der Waals surface area contributed by atoms with Gasteiger partial charge in [0, 0.05) is 37.1 Å². The average molecular weight is 283 g/mol. The molecule has 1 aliphatic rings. The van der Waals surface area contributed by atoms with Crippen molar-refractivity contribution in [3.05, 3.63) is 21.9 Å². The Morgan fingerprint density at radius 2 is 2.42 bits per heavy atom. The first kappa shape index (κ1) is 14.3. The van der Waals surface area contributed by atoms with Crippen LogP contribution in [0.1, 0.15) is 17.4 Å². The van der Waals surface area contributed by atoms with E-state index in [4.69, 9.17) is 5.11 Å². The molecule has 2 heterocycles. The Balaban J connectivity index is 1.75. The molecule has 0 bridgehead atoms. The molecule has 2 amide bonds. The summed E-state index contributed by atoms with van der Waals surface area (Å²) in [5.74, 6) is 0. The zero-order chi connectivity index (χ0) is 13.7. The fourth-order valence-corrected chi connectivity index (χ4v) is 3.14. The van der Waals surface area contributed by atoms with E-state index in [1.54, 1.807) is 0 Å². The van der Waals surface area contributed by atoms with Crippen LogP contribution >= 0.6 is 11.3 Å². The van der Waals surface area contributed by atoms with Crippen LogP contribution in [0.4, 0.5) is 4.79 Å². The van der Waals surface area contributed by atoms with Gasteiger partial charge < -0.3 is 15.7 Å².